The first kappa shape index (κ1) is 38.5. The summed E-state index contributed by atoms with van der Waals surface area (Å²) >= 11 is 0. The lowest BCUT2D eigenvalue weighted by Crippen LogP contribution is -2.51. The van der Waals surface area contributed by atoms with Crippen molar-refractivity contribution in [3.63, 3.8) is 0 Å². The van der Waals surface area contributed by atoms with Gasteiger partial charge in [-0.05, 0) is 55.2 Å². The quantitative estimate of drug-likeness (QED) is 0.0981. The van der Waals surface area contributed by atoms with Crippen molar-refractivity contribution < 1.29 is 32.3 Å². The normalized spacial score (nSPS) is 23.2. The van der Waals surface area contributed by atoms with Gasteiger partial charge in [0.15, 0.2) is 14.1 Å². The molecule has 0 unspecified atom stereocenters. The molecule has 0 radical (unpaired) electrons. The Morgan fingerprint density at radius 3 is 2.49 bits per heavy atom. The second-order valence-corrected chi connectivity index (χ2v) is 20.6. The van der Waals surface area contributed by atoms with E-state index in [-0.39, 0.29) is 35.7 Å². The van der Waals surface area contributed by atoms with Gasteiger partial charge in [0.2, 0.25) is 5.60 Å². The molecular weight excluding hydrogens is 663 g/mol. The Bertz CT molecular complexity index is 1670. The van der Waals surface area contributed by atoms with E-state index in [1.54, 1.807) is 53.9 Å². The van der Waals surface area contributed by atoms with Crippen LogP contribution in [0.15, 0.2) is 48.8 Å². The van der Waals surface area contributed by atoms with Crippen molar-refractivity contribution in [1.29, 1.82) is 5.26 Å². The molecule has 6 atom stereocenters. The van der Waals surface area contributed by atoms with Gasteiger partial charge in [0.05, 0.1) is 31.1 Å². The fraction of sp³-hybridized carbons (Fsp3) is 0.588. The molecule has 4 rings (SSSR count). The molecule has 1 aromatic carbocycles. The number of aromatic nitrogens is 3. The van der Waals surface area contributed by atoms with E-state index < -0.39 is 51.8 Å². The molecule has 1 aliphatic heterocycles. The lowest BCUT2D eigenvalue weighted by molar-refractivity contribution is -0.146. The first-order valence-corrected chi connectivity index (χ1v) is 21.2. The zero-order valence-electron chi connectivity index (χ0n) is 30.0. The number of nitrogens with zero attached hydrogens (tertiary/aromatic N) is 4. The number of nitrogens with one attached hydrogen (secondary N) is 1. The van der Waals surface area contributed by atoms with E-state index in [1.165, 1.54) is 6.33 Å². The van der Waals surface area contributed by atoms with Gasteiger partial charge in [0.25, 0.3) is 0 Å². The molecule has 0 bridgehead atoms. The van der Waals surface area contributed by atoms with E-state index in [9.17, 15) is 14.6 Å². The SMILES string of the molecule is CCC(CC)COC(=O)[C@H](C)N[P@](=O)(OC[C@H]1O[C@@](C#N)(c2ccc3c(N)ncnn23)[C@H](O[Si](C)(C)C(C)(C)C)[C@@H]1C)Oc1ccccc1. The second kappa shape index (κ2) is 15.3. The number of benzene rings is 1. The van der Waals surface area contributed by atoms with Crippen molar-refractivity contribution in [2.45, 2.75) is 103 Å². The molecule has 268 valence electrons. The number of rotatable bonds is 15. The zero-order valence-corrected chi connectivity index (χ0v) is 31.9. The van der Waals surface area contributed by atoms with Gasteiger partial charge in [-0.25, -0.2) is 14.1 Å². The lowest BCUT2D eigenvalue weighted by Gasteiger charge is -2.42. The van der Waals surface area contributed by atoms with Crippen molar-refractivity contribution in [2.75, 3.05) is 18.9 Å². The van der Waals surface area contributed by atoms with Crippen molar-refractivity contribution >= 4 is 33.4 Å². The minimum Gasteiger partial charge on any atom is -0.464 e. The molecule has 2 aromatic heterocycles. The Hall–Kier alpha value is -3.31. The van der Waals surface area contributed by atoms with Gasteiger partial charge in [-0.15, -0.1) is 0 Å². The average molecular weight is 715 g/mol. The van der Waals surface area contributed by atoms with Crippen LogP contribution in [0.3, 0.4) is 0 Å². The van der Waals surface area contributed by atoms with Gasteiger partial charge in [0.1, 0.15) is 29.7 Å². The Labute approximate surface area is 290 Å². The number of nitrogen functional groups attached to an aromatic ring is 1. The molecule has 3 aromatic rings. The molecule has 0 saturated carbocycles. The number of para-hydroxylation sites is 1. The van der Waals surface area contributed by atoms with E-state index in [1.807, 2.05) is 20.8 Å². The summed E-state index contributed by atoms with van der Waals surface area (Å²) < 4.78 is 47.0. The predicted molar refractivity (Wildman–Crippen MR) is 189 cm³/mol. The largest absolute Gasteiger partial charge is 0.464 e. The van der Waals surface area contributed by atoms with Crippen molar-refractivity contribution in [3.8, 4) is 11.8 Å². The third-order valence-electron chi connectivity index (χ3n) is 9.76. The smallest absolute Gasteiger partial charge is 0.459 e. The Balaban J connectivity index is 1.66. The number of anilines is 1. The van der Waals surface area contributed by atoms with Crippen LogP contribution >= 0.6 is 7.75 Å². The third kappa shape index (κ3) is 8.36. The molecule has 15 heteroatoms. The molecule has 3 heterocycles. The van der Waals surface area contributed by atoms with Gasteiger partial charge in [-0.1, -0.05) is 72.6 Å². The van der Waals surface area contributed by atoms with Gasteiger partial charge in [-0.3, -0.25) is 9.32 Å². The molecule has 1 fully saturated rings. The summed E-state index contributed by atoms with van der Waals surface area (Å²) in [6.07, 6.45) is 1.51. The molecule has 1 saturated heterocycles. The number of ether oxygens (including phenoxy) is 2. The van der Waals surface area contributed by atoms with Crippen molar-refractivity contribution in [3.05, 3.63) is 54.5 Å². The van der Waals surface area contributed by atoms with Crippen LogP contribution in [-0.2, 0) is 33.4 Å². The predicted octanol–water partition coefficient (Wildman–Crippen LogP) is 6.62. The highest BCUT2D eigenvalue weighted by atomic mass is 31.2. The number of fused-ring (bicyclic) bond motifs is 1. The van der Waals surface area contributed by atoms with Crippen LogP contribution in [0.4, 0.5) is 5.82 Å². The maximum absolute atomic E-state index is 14.4. The van der Waals surface area contributed by atoms with E-state index >= 15 is 0 Å². The number of hydrogen-bond donors (Lipinski definition) is 2. The van der Waals surface area contributed by atoms with Crippen LogP contribution < -0.4 is 15.3 Å². The Kier molecular flexibility index (Phi) is 12.0. The molecule has 1 aliphatic rings. The highest BCUT2D eigenvalue weighted by Crippen LogP contribution is 2.51. The van der Waals surface area contributed by atoms with Gasteiger partial charge < -0.3 is 24.2 Å². The Morgan fingerprint density at radius 2 is 1.88 bits per heavy atom. The monoisotopic (exact) mass is 714 g/mol. The summed E-state index contributed by atoms with van der Waals surface area (Å²) in [4.78, 5) is 17.0. The molecule has 13 nitrogen and oxygen atoms in total. The number of carbonyl (C=O) groups is 1. The first-order valence-electron chi connectivity index (χ1n) is 16.8. The second-order valence-electron chi connectivity index (χ2n) is 14.2. The minimum atomic E-state index is -4.22. The minimum absolute atomic E-state index is 0.182. The first-order chi connectivity index (χ1) is 23.0. The van der Waals surface area contributed by atoms with Crippen LogP contribution in [0.2, 0.25) is 18.1 Å². The third-order valence-corrected chi connectivity index (χ3v) is 15.9. The molecule has 0 amide bonds. The van der Waals surface area contributed by atoms with Crippen LogP contribution in [-0.4, -0.2) is 60.3 Å². The number of nitrogens with two attached hydrogens (primary N) is 1. The topological polar surface area (TPSA) is 172 Å². The summed E-state index contributed by atoms with van der Waals surface area (Å²) in [6, 6.07) is 13.4. The van der Waals surface area contributed by atoms with Crippen molar-refractivity contribution in [1.82, 2.24) is 19.7 Å². The summed E-state index contributed by atoms with van der Waals surface area (Å²) in [6.45, 7) is 18.1. The van der Waals surface area contributed by atoms with Crippen LogP contribution in [0.5, 0.6) is 5.75 Å². The summed E-state index contributed by atoms with van der Waals surface area (Å²) in [5.41, 5.74) is 5.45. The van der Waals surface area contributed by atoms with Crippen LogP contribution in [0, 0.1) is 23.2 Å². The number of carbonyl (C=O) groups excluding carboxylic acids is 1. The number of hydrogen-bond acceptors (Lipinski definition) is 11. The average Bonchev–Trinajstić information content (AvgIpc) is 3.60. The van der Waals surface area contributed by atoms with E-state index in [2.05, 4.69) is 55.1 Å². The standard InChI is InChI=1S/C34H51N6O7PSi/c1-10-25(11-2)19-43-32(41)24(4)39-48(42,46-26-15-13-12-14-16-26)44-20-28-23(3)30(47-49(8,9)33(5,6)7)34(21-35,45-28)29-18-17-27-31(36)37-22-38-40(27)29/h12-18,22-25,28,30H,10-11,19-20H2,1-9H3,(H,39,42)(H2,36,37,38)/t23-,24+,28-,30-,34+,48+/m1/s1. The molecular formula is C34H51N6O7PSi. The highest BCUT2D eigenvalue weighted by molar-refractivity contribution is 7.52. The fourth-order valence-corrected chi connectivity index (χ4v) is 8.33. The van der Waals surface area contributed by atoms with Crippen LogP contribution in [0.25, 0.3) is 5.52 Å². The number of nitriles is 1. The molecule has 3 N–H and O–H groups in total. The number of esters is 1. The zero-order chi connectivity index (χ0) is 36.2. The van der Waals surface area contributed by atoms with Crippen LogP contribution in [0.1, 0.15) is 67.0 Å². The Morgan fingerprint density at radius 1 is 1.20 bits per heavy atom. The van der Waals surface area contributed by atoms with Crippen molar-refractivity contribution in [2.24, 2.45) is 11.8 Å². The molecule has 0 spiro atoms. The molecule has 49 heavy (non-hydrogen) atoms. The highest BCUT2D eigenvalue weighted by Gasteiger charge is 2.60. The van der Waals surface area contributed by atoms with Gasteiger partial charge in [0, 0.05) is 5.92 Å². The van der Waals surface area contributed by atoms with Gasteiger partial charge >= 0.3 is 13.7 Å². The van der Waals surface area contributed by atoms with E-state index in [0.717, 1.165) is 12.8 Å². The maximum Gasteiger partial charge on any atom is 0.459 e. The maximum atomic E-state index is 14.4. The summed E-state index contributed by atoms with van der Waals surface area (Å²) in [7, 11) is -6.71. The van der Waals surface area contributed by atoms with E-state index in [0.29, 0.717) is 11.2 Å². The summed E-state index contributed by atoms with van der Waals surface area (Å²) in [5, 5.41) is 17.9. The fourth-order valence-electron chi connectivity index (χ4n) is 5.46. The lowest BCUT2D eigenvalue weighted by atomic mass is 9.88. The summed E-state index contributed by atoms with van der Waals surface area (Å²) in [5.74, 6) is -0.251. The van der Waals surface area contributed by atoms with Gasteiger partial charge in [-0.2, -0.15) is 15.4 Å². The van der Waals surface area contributed by atoms with E-state index in [4.69, 9.17) is 28.7 Å². The molecule has 0 aliphatic carbocycles.